The van der Waals surface area contributed by atoms with Gasteiger partial charge in [-0.2, -0.15) is 0 Å². The van der Waals surface area contributed by atoms with Crippen molar-refractivity contribution in [1.82, 2.24) is 4.98 Å². The van der Waals surface area contributed by atoms with Gasteiger partial charge < -0.3 is 9.64 Å². The Morgan fingerprint density at radius 3 is 2.69 bits per heavy atom. The summed E-state index contributed by atoms with van der Waals surface area (Å²) in [6.07, 6.45) is 0. The topological polar surface area (TPSA) is 25.4 Å². The Labute approximate surface area is 86.3 Å². The largest absolute Gasteiger partial charge is 0.378 e. The molecule has 72 valence electrons. The molecule has 0 unspecified atom stereocenters. The molecule has 0 N–H and O–H groups in total. The van der Waals surface area contributed by atoms with Gasteiger partial charge in [0.25, 0.3) is 0 Å². The van der Waals surface area contributed by atoms with Crippen LogP contribution < -0.4 is 4.90 Å². The smallest absolute Gasteiger partial charge is 0.187 e. The fourth-order valence-corrected chi connectivity index (χ4v) is 2.35. The highest BCUT2D eigenvalue weighted by molar-refractivity contribution is 7.16. The van der Waals surface area contributed by atoms with Gasteiger partial charge in [0.2, 0.25) is 0 Å². The van der Waals surface area contributed by atoms with Crippen molar-refractivity contribution in [1.29, 1.82) is 0 Å². The summed E-state index contributed by atoms with van der Waals surface area (Å²) in [5.41, 5.74) is 0. The molecule has 1 fully saturated rings. The number of anilines is 1. The van der Waals surface area contributed by atoms with E-state index in [1.54, 1.807) is 11.3 Å². The van der Waals surface area contributed by atoms with Crippen molar-refractivity contribution in [2.45, 2.75) is 6.92 Å². The van der Waals surface area contributed by atoms with E-state index >= 15 is 0 Å². The maximum absolute atomic E-state index is 5.89. The highest BCUT2D eigenvalue weighted by Gasteiger charge is 2.15. The zero-order valence-corrected chi connectivity index (χ0v) is 8.99. The molecule has 0 bridgehead atoms. The molecule has 0 atom stereocenters. The molecule has 0 spiro atoms. The minimum Gasteiger partial charge on any atom is -0.378 e. The first-order valence-corrected chi connectivity index (χ1v) is 5.42. The van der Waals surface area contributed by atoms with E-state index in [1.165, 1.54) is 0 Å². The van der Waals surface area contributed by atoms with Gasteiger partial charge in [-0.15, -0.1) is 11.3 Å². The van der Waals surface area contributed by atoms with Crippen LogP contribution in [0.25, 0.3) is 0 Å². The number of thiazole rings is 1. The van der Waals surface area contributed by atoms with Gasteiger partial charge in [-0.1, -0.05) is 11.6 Å². The van der Waals surface area contributed by atoms with E-state index in [0.29, 0.717) is 5.15 Å². The molecule has 3 nitrogen and oxygen atoms in total. The Morgan fingerprint density at radius 1 is 1.46 bits per heavy atom. The number of aryl methyl sites for hydroxylation is 1. The summed E-state index contributed by atoms with van der Waals surface area (Å²) in [6, 6.07) is 0. The van der Waals surface area contributed by atoms with Gasteiger partial charge in [-0.05, 0) is 6.92 Å². The van der Waals surface area contributed by atoms with Gasteiger partial charge in [0.1, 0.15) is 5.15 Å². The van der Waals surface area contributed by atoms with Gasteiger partial charge in [-0.3, -0.25) is 0 Å². The molecule has 0 amide bonds. The molecule has 1 aliphatic rings. The molecule has 13 heavy (non-hydrogen) atoms. The molecule has 1 aromatic heterocycles. The molecule has 5 heteroatoms. The maximum Gasteiger partial charge on any atom is 0.187 e. The summed E-state index contributed by atoms with van der Waals surface area (Å²) in [4.78, 5) is 7.59. The number of nitrogens with zero attached hydrogens (tertiary/aromatic N) is 2. The van der Waals surface area contributed by atoms with E-state index in [2.05, 4.69) is 9.88 Å². The van der Waals surface area contributed by atoms with Crippen LogP contribution in [-0.4, -0.2) is 31.3 Å². The van der Waals surface area contributed by atoms with Gasteiger partial charge in [0.05, 0.1) is 13.2 Å². The van der Waals surface area contributed by atoms with Crippen LogP contribution in [0.1, 0.15) is 4.88 Å². The predicted molar refractivity (Wildman–Crippen MR) is 54.9 cm³/mol. The minimum atomic E-state index is 0.631. The molecule has 0 aliphatic carbocycles. The van der Waals surface area contributed by atoms with Crippen molar-refractivity contribution in [3.63, 3.8) is 0 Å². The average molecular weight is 219 g/mol. The Kier molecular flexibility index (Phi) is 2.71. The van der Waals surface area contributed by atoms with Crippen LogP contribution in [0.15, 0.2) is 0 Å². The summed E-state index contributed by atoms with van der Waals surface area (Å²) in [7, 11) is 0. The quantitative estimate of drug-likeness (QED) is 0.721. The molecule has 2 rings (SSSR count). The van der Waals surface area contributed by atoms with Gasteiger partial charge in [0.15, 0.2) is 5.13 Å². The van der Waals surface area contributed by atoms with Crippen LogP contribution in [0.3, 0.4) is 0 Å². The lowest BCUT2D eigenvalue weighted by atomic mass is 10.5. The molecular weight excluding hydrogens is 208 g/mol. The van der Waals surface area contributed by atoms with Crippen LogP contribution in [-0.2, 0) is 4.74 Å². The summed E-state index contributed by atoms with van der Waals surface area (Å²) >= 11 is 7.54. The normalized spacial score (nSPS) is 17.8. The highest BCUT2D eigenvalue weighted by atomic mass is 35.5. The summed E-state index contributed by atoms with van der Waals surface area (Å²) in [5.74, 6) is 0. The Hall–Kier alpha value is -0.320. The first-order chi connectivity index (χ1) is 6.27. The lowest BCUT2D eigenvalue weighted by Gasteiger charge is -2.25. The van der Waals surface area contributed by atoms with E-state index in [1.807, 2.05) is 6.92 Å². The average Bonchev–Trinajstić information content (AvgIpc) is 2.49. The molecule has 1 saturated heterocycles. The maximum atomic E-state index is 5.89. The number of rotatable bonds is 1. The lowest BCUT2D eigenvalue weighted by molar-refractivity contribution is 0.122. The van der Waals surface area contributed by atoms with Crippen molar-refractivity contribution in [3.05, 3.63) is 10.0 Å². The SMILES string of the molecule is Cc1sc(N2CCOCC2)nc1Cl. The molecule has 0 radical (unpaired) electrons. The van der Waals surface area contributed by atoms with Crippen LogP contribution in [0, 0.1) is 6.92 Å². The monoisotopic (exact) mass is 218 g/mol. The third kappa shape index (κ3) is 1.95. The fraction of sp³-hybridized carbons (Fsp3) is 0.625. The second-order valence-corrected chi connectivity index (χ2v) is 4.48. The lowest BCUT2D eigenvalue weighted by Crippen LogP contribution is -2.36. The van der Waals surface area contributed by atoms with Crippen LogP contribution in [0.4, 0.5) is 5.13 Å². The van der Waals surface area contributed by atoms with Crippen LogP contribution in [0.5, 0.6) is 0 Å². The molecule has 2 heterocycles. The van der Waals surface area contributed by atoms with Crippen LogP contribution >= 0.6 is 22.9 Å². The number of ether oxygens (including phenoxy) is 1. The second-order valence-electron chi connectivity index (χ2n) is 2.94. The Balaban J connectivity index is 2.14. The van der Waals surface area contributed by atoms with E-state index in [9.17, 15) is 0 Å². The fourth-order valence-electron chi connectivity index (χ4n) is 1.25. The summed E-state index contributed by atoms with van der Waals surface area (Å²) in [5, 5.41) is 1.65. The number of aromatic nitrogens is 1. The number of hydrogen-bond acceptors (Lipinski definition) is 4. The Morgan fingerprint density at radius 2 is 2.15 bits per heavy atom. The van der Waals surface area contributed by atoms with Crippen molar-refractivity contribution >= 4 is 28.1 Å². The second kappa shape index (κ2) is 3.82. The molecule has 1 aromatic rings. The zero-order chi connectivity index (χ0) is 9.26. The van der Waals surface area contributed by atoms with E-state index in [0.717, 1.165) is 36.3 Å². The van der Waals surface area contributed by atoms with E-state index < -0.39 is 0 Å². The molecule has 0 aromatic carbocycles. The van der Waals surface area contributed by atoms with Crippen LogP contribution in [0.2, 0.25) is 5.15 Å². The molecule has 0 saturated carbocycles. The molecular formula is C8H11ClN2OS. The number of halogens is 1. The van der Waals surface area contributed by atoms with E-state index in [4.69, 9.17) is 16.3 Å². The van der Waals surface area contributed by atoms with Crippen molar-refractivity contribution in [2.75, 3.05) is 31.2 Å². The standard InChI is InChI=1S/C8H11ClN2OS/c1-6-7(9)10-8(13-6)11-2-4-12-5-3-11/h2-5H2,1H3. The van der Waals surface area contributed by atoms with Gasteiger partial charge in [0, 0.05) is 18.0 Å². The number of morpholine rings is 1. The molecule has 1 aliphatic heterocycles. The highest BCUT2D eigenvalue weighted by Crippen LogP contribution is 2.28. The third-order valence-corrected chi connectivity index (χ3v) is 3.52. The zero-order valence-electron chi connectivity index (χ0n) is 7.42. The van der Waals surface area contributed by atoms with Crippen molar-refractivity contribution in [3.8, 4) is 0 Å². The van der Waals surface area contributed by atoms with Crippen molar-refractivity contribution < 1.29 is 4.74 Å². The summed E-state index contributed by atoms with van der Waals surface area (Å²) in [6.45, 7) is 5.41. The van der Waals surface area contributed by atoms with Gasteiger partial charge in [-0.25, -0.2) is 4.98 Å². The summed E-state index contributed by atoms with van der Waals surface area (Å²) < 4.78 is 5.26. The van der Waals surface area contributed by atoms with E-state index in [-0.39, 0.29) is 0 Å². The predicted octanol–water partition coefficient (Wildman–Crippen LogP) is 1.94. The first kappa shape index (κ1) is 9.24. The minimum absolute atomic E-state index is 0.631. The van der Waals surface area contributed by atoms with Gasteiger partial charge >= 0.3 is 0 Å². The number of hydrogen-bond donors (Lipinski definition) is 0. The Bertz CT molecular complexity index is 277. The first-order valence-electron chi connectivity index (χ1n) is 4.23. The third-order valence-electron chi connectivity index (χ3n) is 2.01. The van der Waals surface area contributed by atoms with Crippen molar-refractivity contribution in [2.24, 2.45) is 0 Å².